The highest BCUT2D eigenvalue weighted by Crippen LogP contribution is 2.36. The van der Waals surface area contributed by atoms with Gasteiger partial charge < -0.3 is 19.1 Å². The lowest BCUT2D eigenvalue weighted by atomic mass is 10.1. The highest BCUT2D eigenvalue weighted by atomic mass is 35.5. The molecule has 0 N–H and O–H groups in total. The summed E-state index contributed by atoms with van der Waals surface area (Å²) < 4.78 is 58.4. The van der Waals surface area contributed by atoms with Crippen LogP contribution in [0, 0.1) is 5.82 Å². The fourth-order valence-corrected chi connectivity index (χ4v) is 6.32. The Kier molecular flexibility index (Phi) is 8.44. The van der Waals surface area contributed by atoms with Crippen molar-refractivity contribution in [2.75, 3.05) is 39.3 Å². The summed E-state index contributed by atoms with van der Waals surface area (Å²) in [7, 11) is 0.522. The Bertz CT molecular complexity index is 1340. The maximum Gasteiger partial charge on any atom is 0.339 e. The maximum atomic E-state index is 14.2. The van der Waals surface area contributed by atoms with Gasteiger partial charge in [0.15, 0.2) is 0 Å². The average molecular weight is 563 g/mol. The van der Waals surface area contributed by atoms with Gasteiger partial charge >= 0.3 is 5.97 Å². The zero-order chi connectivity index (χ0) is 27.4. The lowest BCUT2D eigenvalue weighted by Gasteiger charge is -2.42. The van der Waals surface area contributed by atoms with Crippen LogP contribution in [0.1, 0.15) is 21.5 Å². The van der Waals surface area contributed by atoms with E-state index < -0.39 is 27.1 Å². The number of carbonyl (C=O) groups excluding carboxylic acids is 1. The SMILES string of the molecule is COC(=O)c1cc(F)cc(N2CC(S(=O)(=O)N(Cc3ccc(OC)cc3)Cc3ccc(OC)cc3)C2)c1Cl. The van der Waals surface area contributed by atoms with Gasteiger partial charge in [-0.1, -0.05) is 35.9 Å². The van der Waals surface area contributed by atoms with E-state index in [0.717, 1.165) is 17.2 Å². The van der Waals surface area contributed by atoms with Crippen molar-refractivity contribution in [1.29, 1.82) is 0 Å². The molecule has 38 heavy (non-hydrogen) atoms. The Morgan fingerprint density at radius 1 is 0.947 bits per heavy atom. The summed E-state index contributed by atoms with van der Waals surface area (Å²) in [5.74, 6) is -0.0974. The molecule has 1 aliphatic heterocycles. The number of carbonyl (C=O) groups is 1. The van der Waals surface area contributed by atoms with Crippen LogP contribution in [0.25, 0.3) is 0 Å². The summed E-state index contributed by atoms with van der Waals surface area (Å²) in [4.78, 5) is 13.6. The average Bonchev–Trinajstić information content (AvgIpc) is 2.89. The molecule has 0 aliphatic carbocycles. The minimum Gasteiger partial charge on any atom is -0.497 e. The van der Waals surface area contributed by atoms with Crippen molar-refractivity contribution in [3.8, 4) is 11.5 Å². The zero-order valence-electron chi connectivity index (χ0n) is 21.2. The van der Waals surface area contributed by atoms with E-state index in [-0.39, 0.29) is 42.5 Å². The molecule has 1 fully saturated rings. The van der Waals surface area contributed by atoms with Crippen LogP contribution in [0.15, 0.2) is 60.7 Å². The highest BCUT2D eigenvalue weighted by Gasteiger charge is 2.42. The number of esters is 1. The molecule has 0 radical (unpaired) electrons. The molecule has 1 heterocycles. The molecule has 3 aromatic carbocycles. The molecule has 0 saturated carbocycles. The topological polar surface area (TPSA) is 85.4 Å². The quantitative estimate of drug-likeness (QED) is 0.336. The first kappa shape index (κ1) is 27.7. The fraction of sp³-hybridized carbons (Fsp3) is 0.296. The predicted molar refractivity (Wildman–Crippen MR) is 143 cm³/mol. The second-order valence-electron chi connectivity index (χ2n) is 8.81. The molecule has 0 atom stereocenters. The molecule has 8 nitrogen and oxygen atoms in total. The van der Waals surface area contributed by atoms with E-state index in [9.17, 15) is 17.6 Å². The van der Waals surface area contributed by atoms with Crippen molar-refractivity contribution < 1.29 is 31.8 Å². The van der Waals surface area contributed by atoms with Crippen molar-refractivity contribution in [1.82, 2.24) is 4.31 Å². The van der Waals surface area contributed by atoms with Crippen LogP contribution in [-0.4, -0.2) is 58.4 Å². The number of ether oxygens (including phenoxy) is 3. The first-order valence-corrected chi connectivity index (χ1v) is 13.6. The number of benzene rings is 3. The first-order valence-electron chi connectivity index (χ1n) is 11.7. The number of methoxy groups -OCH3 is 3. The van der Waals surface area contributed by atoms with E-state index in [1.807, 2.05) is 24.3 Å². The minimum atomic E-state index is -3.79. The lowest BCUT2D eigenvalue weighted by Crippen LogP contribution is -2.58. The van der Waals surface area contributed by atoms with Crippen LogP contribution in [0.4, 0.5) is 10.1 Å². The summed E-state index contributed by atoms with van der Waals surface area (Å²) in [6.07, 6.45) is 0. The molecule has 4 rings (SSSR count). The normalized spacial score (nSPS) is 13.8. The van der Waals surface area contributed by atoms with E-state index in [1.165, 1.54) is 17.5 Å². The second-order valence-corrected chi connectivity index (χ2v) is 11.4. The maximum absolute atomic E-state index is 14.2. The summed E-state index contributed by atoms with van der Waals surface area (Å²) >= 11 is 6.36. The number of rotatable bonds is 10. The van der Waals surface area contributed by atoms with Gasteiger partial charge in [0, 0.05) is 26.2 Å². The van der Waals surface area contributed by atoms with Crippen LogP contribution in [0.5, 0.6) is 11.5 Å². The van der Waals surface area contributed by atoms with Crippen LogP contribution >= 0.6 is 11.6 Å². The second kappa shape index (κ2) is 11.6. The van der Waals surface area contributed by atoms with Crippen LogP contribution in [-0.2, 0) is 27.8 Å². The van der Waals surface area contributed by atoms with Gasteiger partial charge in [-0.25, -0.2) is 17.6 Å². The van der Waals surface area contributed by atoms with Crippen molar-refractivity contribution in [3.05, 3.63) is 88.2 Å². The van der Waals surface area contributed by atoms with Gasteiger partial charge in [0.05, 0.1) is 37.6 Å². The van der Waals surface area contributed by atoms with Crippen molar-refractivity contribution in [2.24, 2.45) is 0 Å². The molecule has 0 aromatic heterocycles. The van der Waals surface area contributed by atoms with Gasteiger partial charge in [0.25, 0.3) is 0 Å². The number of sulfonamides is 1. The van der Waals surface area contributed by atoms with Crippen molar-refractivity contribution in [2.45, 2.75) is 18.3 Å². The summed E-state index contributed by atoms with van der Waals surface area (Å²) in [6, 6.07) is 16.6. The van der Waals surface area contributed by atoms with Gasteiger partial charge in [0.1, 0.15) is 22.6 Å². The summed E-state index contributed by atoms with van der Waals surface area (Å²) in [6.45, 7) is 0.492. The molecule has 11 heteroatoms. The van der Waals surface area contributed by atoms with Crippen molar-refractivity contribution in [3.63, 3.8) is 0 Å². The Labute approximate surface area is 226 Å². The number of halogens is 2. The smallest absolute Gasteiger partial charge is 0.339 e. The molecule has 3 aromatic rings. The molecule has 1 saturated heterocycles. The van der Waals surface area contributed by atoms with Crippen LogP contribution in [0.3, 0.4) is 0 Å². The van der Waals surface area contributed by atoms with Gasteiger partial charge in [-0.3, -0.25) is 0 Å². The van der Waals surface area contributed by atoms with E-state index in [1.54, 1.807) is 43.4 Å². The molecular weight excluding hydrogens is 535 g/mol. The molecule has 0 spiro atoms. The third kappa shape index (κ3) is 5.87. The molecule has 0 bridgehead atoms. The van der Waals surface area contributed by atoms with Gasteiger partial charge in [-0.05, 0) is 47.5 Å². The van der Waals surface area contributed by atoms with Gasteiger partial charge in [-0.15, -0.1) is 0 Å². The predicted octanol–water partition coefficient (Wildman–Crippen LogP) is 4.50. The molecule has 0 amide bonds. The van der Waals surface area contributed by atoms with Crippen molar-refractivity contribution >= 4 is 33.3 Å². The van der Waals surface area contributed by atoms with Crippen LogP contribution in [0.2, 0.25) is 5.02 Å². The Morgan fingerprint density at radius 3 is 1.89 bits per heavy atom. The standard InChI is InChI=1S/C27H28ClFN2O6S/c1-35-21-8-4-18(5-9-21)14-31(15-19-6-10-22(36-2)11-7-19)38(33,34)23-16-30(17-23)25-13-20(29)12-24(26(25)28)27(32)37-3/h4-13,23H,14-17H2,1-3H3. The summed E-state index contributed by atoms with van der Waals surface area (Å²) in [5, 5.41) is -0.734. The van der Waals surface area contributed by atoms with E-state index >= 15 is 0 Å². The molecule has 1 aliphatic rings. The minimum absolute atomic E-state index is 0.0161. The molecule has 0 unspecified atom stereocenters. The highest BCUT2D eigenvalue weighted by molar-refractivity contribution is 7.89. The fourth-order valence-electron chi connectivity index (χ4n) is 4.20. The van der Waals surface area contributed by atoms with E-state index in [4.69, 9.17) is 21.1 Å². The third-order valence-corrected chi connectivity index (χ3v) is 8.95. The first-order chi connectivity index (χ1) is 18.2. The Hall–Kier alpha value is -3.34. The van der Waals surface area contributed by atoms with Gasteiger partial charge in [0.2, 0.25) is 10.0 Å². The third-order valence-electron chi connectivity index (χ3n) is 6.43. The van der Waals surface area contributed by atoms with Gasteiger partial charge in [-0.2, -0.15) is 4.31 Å². The monoisotopic (exact) mass is 562 g/mol. The van der Waals surface area contributed by atoms with Crippen LogP contribution < -0.4 is 14.4 Å². The lowest BCUT2D eigenvalue weighted by molar-refractivity contribution is 0.0600. The summed E-state index contributed by atoms with van der Waals surface area (Å²) in [5.41, 5.74) is 1.73. The van der Waals surface area contributed by atoms with E-state index in [2.05, 4.69) is 4.74 Å². The molecule has 202 valence electrons. The number of anilines is 1. The number of hydrogen-bond acceptors (Lipinski definition) is 7. The van der Waals surface area contributed by atoms with E-state index in [0.29, 0.717) is 11.5 Å². The Morgan fingerprint density at radius 2 is 1.45 bits per heavy atom. The number of hydrogen-bond donors (Lipinski definition) is 0. The molecular formula is C27H28ClFN2O6S. The largest absolute Gasteiger partial charge is 0.497 e. The Balaban J connectivity index is 1.57. The zero-order valence-corrected chi connectivity index (χ0v) is 22.8. The number of nitrogens with zero attached hydrogens (tertiary/aromatic N) is 2.